The Hall–Kier alpha value is -1.85. The smallest absolute Gasteiger partial charge is 0.325 e. The second-order valence-electron chi connectivity index (χ2n) is 7.51. The molecule has 4 atom stereocenters. The molecule has 0 aromatic carbocycles. The van der Waals surface area contributed by atoms with Gasteiger partial charge in [0.2, 0.25) is 5.91 Å². The van der Waals surface area contributed by atoms with E-state index in [0.29, 0.717) is 24.6 Å². The number of nitrogens with zero attached hydrogens (tertiary/aromatic N) is 1. The van der Waals surface area contributed by atoms with Crippen molar-refractivity contribution in [3.05, 3.63) is 32.6 Å². The third-order valence-corrected chi connectivity index (χ3v) is 6.08. The zero-order chi connectivity index (χ0) is 16.0. The summed E-state index contributed by atoms with van der Waals surface area (Å²) >= 11 is 0. The molecule has 1 aliphatic heterocycles. The van der Waals surface area contributed by atoms with Gasteiger partial charge in [0.15, 0.2) is 0 Å². The number of rotatable bonds is 3. The maximum absolute atomic E-state index is 12.6. The van der Waals surface area contributed by atoms with E-state index in [1.54, 1.807) is 0 Å². The first kappa shape index (κ1) is 14.7. The second-order valence-corrected chi connectivity index (χ2v) is 7.51. The summed E-state index contributed by atoms with van der Waals surface area (Å²) in [4.78, 5) is 42.2. The molecule has 0 radical (unpaired) electrons. The van der Waals surface area contributed by atoms with Gasteiger partial charge in [-0.05, 0) is 43.4 Å². The lowest BCUT2D eigenvalue weighted by Crippen LogP contribution is -2.31. The highest BCUT2D eigenvalue weighted by Crippen LogP contribution is 2.49. The predicted molar refractivity (Wildman–Crippen MR) is 85.2 cm³/mol. The Labute approximate surface area is 134 Å². The van der Waals surface area contributed by atoms with E-state index in [2.05, 4.69) is 9.97 Å². The van der Waals surface area contributed by atoms with Crippen LogP contribution in [0.25, 0.3) is 0 Å². The third kappa shape index (κ3) is 2.86. The van der Waals surface area contributed by atoms with E-state index >= 15 is 0 Å². The molecule has 2 heterocycles. The maximum Gasteiger partial charge on any atom is 0.325 e. The van der Waals surface area contributed by atoms with Crippen LogP contribution >= 0.6 is 0 Å². The van der Waals surface area contributed by atoms with E-state index in [1.807, 2.05) is 4.90 Å². The number of nitrogens with one attached hydrogen (secondary N) is 2. The summed E-state index contributed by atoms with van der Waals surface area (Å²) in [5.41, 5.74) is -0.205. The fraction of sp³-hybridized carbons (Fsp3) is 0.706. The summed E-state index contributed by atoms with van der Waals surface area (Å²) in [6, 6.07) is 1.44. The normalized spacial score (nSPS) is 32.6. The van der Waals surface area contributed by atoms with Crippen molar-refractivity contribution in [1.29, 1.82) is 0 Å². The summed E-state index contributed by atoms with van der Waals surface area (Å²) in [6.07, 6.45) is 6.71. The molecule has 6 nitrogen and oxygen atoms in total. The number of aromatic nitrogens is 2. The summed E-state index contributed by atoms with van der Waals surface area (Å²) in [5.74, 6) is 2.53. The number of fused-ring (bicyclic) bond motifs is 2. The van der Waals surface area contributed by atoms with Crippen molar-refractivity contribution in [3.8, 4) is 0 Å². The molecule has 2 bridgehead atoms. The number of amides is 1. The largest absolute Gasteiger partial charge is 0.342 e. The van der Waals surface area contributed by atoms with Gasteiger partial charge in [0.05, 0.1) is 0 Å². The highest BCUT2D eigenvalue weighted by Gasteiger charge is 2.41. The average Bonchev–Trinajstić information content (AvgIpc) is 3.22. The Kier molecular flexibility index (Phi) is 3.62. The monoisotopic (exact) mass is 317 g/mol. The van der Waals surface area contributed by atoms with Gasteiger partial charge in [-0.3, -0.25) is 14.6 Å². The van der Waals surface area contributed by atoms with Crippen molar-refractivity contribution < 1.29 is 4.79 Å². The molecule has 4 unspecified atom stereocenters. The Bertz CT molecular complexity index is 694. The molecule has 23 heavy (non-hydrogen) atoms. The minimum absolute atomic E-state index is 0.0639. The van der Waals surface area contributed by atoms with Crippen LogP contribution < -0.4 is 11.2 Å². The predicted octanol–water partition coefficient (Wildman–Crippen LogP) is 1.21. The van der Waals surface area contributed by atoms with Crippen LogP contribution in [0.2, 0.25) is 0 Å². The fourth-order valence-corrected chi connectivity index (χ4v) is 4.93. The zero-order valence-corrected chi connectivity index (χ0v) is 13.2. The topological polar surface area (TPSA) is 86.0 Å². The summed E-state index contributed by atoms with van der Waals surface area (Å²) in [7, 11) is 0. The van der Waals surface area contributed by atoms with Crippen LogP contribution in [0.5, 0.6) is 0 Å². The van der Waals surface area contributed by atoms with Gasteiger partial charge in [-0.15, -0.1) is 0 Å². The van der Waals surface area contributed by atoms with Crippen molar-refractivity contribution in [1.82, 2.24) is 14.9 Å². The van der Waals surface area contributed by atoms with Gasteiger partial charge in [-0.1, -0.05) is 6.42 Å². The fourth-order valence-electron chi connectivity index (χ4n) is 4.93. The van der Waals surface area contributed by atoms with E-state index in [9.17, 15) is 14.4 Å². The average molecular weight is 317 g/mol. The van der Waals surface area contributed by atoms with Crippen molar-refractivity contribution in [2.24, 2.45) is 17.8 Å². The molecule has 3 fully saturated rings. The van der Waals surface area contributed by atoms with Crippen molar-refractivity contribution in [2.75, 3.05) is 13.1 Å². The van der Waals surface area contributed by atoms with Crippen LogP contribution in [0, 0.1) is 17.8 Å². The SMILES string of the molecule is O=C(CC1CC2CCC1C2)N1CCC(c2cc(=O)[nH]c(=O)[nH]2)C1. The molecule has 124 valence electrons. The second kappa shape index (κ2) is 5.65. The number of aromatic amines is 2. The summed E-state index contributed by atoms with van der Waals surface area (Å²) in [5, 5.41) is 0. The number of hydrogen-bond acceptors (Lipinski definition) is 3. The van der Waals surface area contributed by atoms with Gasteiger partial charge >= 0.3 is 5.69 Å². The Morgan fingerprint density at radius 3 is 2.74 bits per heavy atom. The lowest BCUT2D eigenvalue weighted by molar-refractivity contribution is -0.131. The van der Waals surface area contributed by atoms with E-state index in [-0.39, 0.29) is 17.4 Å². The number of likely N-dealkylation sites (tertiary alicyclic amines) is 1. The van der Waals surface area contributed by atoms with Crippen LogP contribution in [0.1, 0.15) is 50.1 Å². The van der Waals surface area contributed by atoms with Gasteiger partial charge < -0.3 is 9.88 Å². The molecule has 2 aliphatic carbocycles. The van der Waals surface area contributed by atoms with Crippen LogP contribution in [-0.2, 0) is 4.79 Å². The lowest BCUT2D eigenvalue weighted by Gasteiger charge is -2.24. The minimum atomic E-state index is -0.473. The first-order valence-corrected chi connectivity index (χ1v) is 8.70. The molecule has 0 spiro atoms. The van der Waals surface area contributed by atoms with E-state index in [4.69, 9.17) is 0 Å². The molecule has 2 N–H and O–H groups in total. The van der Waals surface area contributed by atoms with Crippen molar-refractivity contribution >= 4 is 5.91 Å². The minimum Gasteiger partial charge on any atom is -0.342 e. The molecule has 6 heteroatoms. The van der Waals surface area contributed by atoms with E-state index < -0.39 is 5.69 Å². The number of carbonyl (C=O) groups is 1. The molecule has 2 saturated carbocycles. The number of carbonyl (C=O) groups excluding carboxylic acids is 1. The Balaban J connectivity index is 1.39. The molecule has 1 amide bonds. The van der Waals surface area contributed by atoms with Crippen LogP contribution in [-0.4, -0.2) is 33.9 Å². The van der Waals surface area contributed by atoms with Gasteiger partial charge in [0, 0.05) is 37.2 Å². The highest BCUT2D eigenvalue weighted by atomic mass is 16.2. The first-order chi connectivity index (χ1) is 11.1. The standard InChI is InChI=1S/C17H23N3O3/c21-15-8-14(18-17(23)19-15)12-3-4-20(9-12)16(22)7-13-6-10-1-2-11(13)5-10/h8,10-13H,1-7,9H2,(H2,18,19,21,23). The van der Waals surface area contributed by atoms with Crippen molar-refractivity contribution in [2.45, 2.75) is 44.4 Å². The quantitative estimate of drug-likeness (QED) is 0.878. The Morgan fingerprint density at radius 1 is 1.17 bits per heavy atom. The number of H-pyrrole nitrogens is 2. The molecule has 1 saturated heterocycles. The molecule has 4 rings (SSSR count). The van der Waals surface area contributed by atoms with Gasteiger partial charge in [0.25, 0.3) is 5.56 Å². The Morgan fingerprint density at radius 2 is 2.04 bits per heavy atom. The van der Waals surface area contributed by atoms with E-state index in [0.717, 1.165) is 24.8 Å². The van der Waals surface area contributed by atoms with Gasteiger partial charge in [0.1, 0.15) is 0 Å². The van der Waals surface area contributed by atoms with Crippen LogP contribution in [0.3, 0.4) is 0 Å². The molecular formula is C17H23N3O3. The highest BCUT2D eigenvalue weighted by molar-refractivity contribution is 5.77. The van der Waals surface area contributed by atoms with Gasteiger partial charge in [-0.2, -0.15) is 0 Å². The van der Waals surface area contributed by atoms with Crippen LogP contribution in [0.15, 0.2) is 15.7 Å². The number of hydrogen-bond donors (Lipinski definition) is 2. The summed E-state index contributed by atoms with van der Waals surface area (Å²) < 4.78 is 0. The third-order valence-electron chi connectivity index (χ3n) is 6.08. The molecular weight excluding hydrogens is 294 g/mol. The summed E-state index contributed by atoms with van der Waals surface area (Å²) in [6.45, 7) is 1.33. The van der Waals surface area contributed by atoms with E-state index in [1.165, 1.54) is 31.7 Å². The molecule has 1 aromatic heterocycles. The molecule has 1 aromatic rings. The molecule has 3 aliphatic rings. The first-order valence-electron chi connectivity index (χ1n) is 8.70. The zero-order valence-electron chi connectivity index (χ0n) is 13.2. The maximum atomic E-state index is 12.6. The lowest BCUT2D eigenvalue weighted by atomic mass is 9.86. The van der Waals surface area contributed by atoms with Gasteiger partial charge in [-0.25, -0.2) is 4.79 Å². The van der Waals surface area contributed by atoms with Crippen molar-refractivity contribution in [3.63, 3.8) is 0 Å². The van der Waals surface area contributed by atoms with Crippen LogP contribution in [0.4, 0.5) is 0 Å².